The monoisotopic (exact) mass is 307 g/mol. The summed E-state index contributed by atoms with van der Waals surface area (Å²) in [6.45, 7) is 4.00. The molecule has 1 rings (SSSR count). The van der Waals surface area contributed by atoms with Crippen molar-refractivity contribution >= 4 is 37.3 Å². The molecule has 7 heteroatoms. The van der Waals surface area contributed by atoms with Gasteiger partial charge in [0, 0.05) is 0 Å². The predicted molar refractivity (Wildman–Crippen MR) is 78.6 cm³/mol. The fourth-order valence-electron chi connectivity index (χ4n) is 1.96. The number of amides is 2. The van der Waals surface area contributed by atoms with E-state index in [1.807, 2.05) is 13.8 Å². The maximum absolute atomic E-state index is 12.2. The summed E-state index contributed by atoms with van der Waals surface area (Å²) in [5.41, 5.74) is 0. The van der Waals surface area contributed by atoms with Gasteiger partial charge in [0.15, 0.2) is 0 Å². The van der Waals surface area contributed by atoms with Gasteiger partial charge in [0.05, 0.1) is 6.04 Å². The summed E-state index contributed by atoms with van der Waals surface area (Å²) in [5, 5.41) is 9.96. The van der Waals surface area contributed by atoms with E-state index in [0.717, 1.165) is 4.90 Å². The van der Waals surface area contributed by atoms with Crippen molar-refractivity contribution in [3.8, 4) is 0 Å². The molecule has 110 valence electrons. The lowest BCUT2D eigenvalue weighted by atomic mass is 10.0. The summed E-state index contributed by atoms with van der Waals surface area (Å²) in [6.07, 6.45) is -1.63. The number of thiol groups is 2. The highest BCUT2D eigenvalue weighted by Crippen LogP contribution is 2.22. The fraction of sp³-hybridized carbons (Fsp3) is 0.833. The van der Waals surface area contributed by atoms with Crippen LogP contribution in [0.2, 0.25) is 0 Å². The van der Waals surface area contributed by atoms with Crippen LogP contribution in [0.3, 0.4) is 0 Å². The molecule has 0 bridgehead atoms. The number of nitrogens with zero attached hydrogens (tertiary/aromatic N) is 1. The molecule has 2 unspecified atom stereocenters. The van der Waals surface area contributed by atoms with Gasteiger partial charge >= 0.3 is 6.09 Å². The summed E-state index contributed by atoms with van der Waals surface area (Å²) in [6, 6.07) is -0.305. The minimum atomic E-state index is -1.21. The van der Waals surface area contributed by atoms with Gasteiger partial charge in [-0.1, -0.05) is 13.8 Å². The number of imide groups is 1. The highest BCUT2D eigenvalue weighted by Gasteiger charge is 2.41. The Kier molecular flexibility index (Phi) is 6.49. The molecule has 1 aliphatic rings. The Labute approximate surface area is 124 Å². The number of hydrogen-bond acceptors (Lipinski definition) is 6. The smallest absolute Gasteiger partial charge is 0.417 e. The topological polar surface area (TPSA) is 66.8 Å². The van der Waals surface area contributed by atoms with E-state index in [2.05, 4.69) is 25.3 Å². The molecule has 19 heavy (non-hydrogen) atoms. The SMILES string of the molecule is CC(C)C1COC(=O)N1C(=O)C(O)CC(CS)CS. The zero-order chi connectivity index (χ0) is 14.6. The van der Waals surface area contributed by atoms with Gasteiger partial charge < -0.3 is 9.84 Å². The lowest BCUT2D eigenvalue weighted by molar-refractivity contribution is -0.139. The number of aliphatic hydroxyl groups excluding tert-OH is 1. The van der Waals surface area contributed by atoms with E-state index in [1.54, 1.807) is 0 Å². The van der Waals surface area contributed by atoms with Crippen molar-refractivity contribution in [2.75, 3.05) is 18.1 Å². The van der Waals surface area contributed by atoms with E-state index >= 15 is 0 Å². The number of rotatable bonds is 6. The van der Waals surface area contributed by atoms with Crippen LogP contribution < -0.4 is 0 Å². The fourth-order valence-corrected chi connectivity index (χ4v) is 2.72. The van der Waals surface area contributed by atoms with E-state index in [0.29, 0.717) is 11.5 Å². The second-order valence-corrected chi connectivity index (χ2v) is 5.81. The minimum Gasteiger partial charge on any atom is -0.447 e. The van der Waals surface area contributed by atoms with Crippen LogP contribution in [0.4, 0.5) is 4.79 Å². The highest BCUT2D eigenvalue weighted by atomic mass is 32.1. The van der Waals surface area contributed by atoms with Gasteiger partial charge in [0.2, 0.25) is 0 Å². The van der Waals surface area contributed by atoms with Gasteiger partial charge in [0.25, 0.3) is 5.91 Å². The van der Waals surface area contributed by atoms with E-state index in [1.165, 1.54) is 0 Å². The average molecular weight is 307 g/mol. The summed E-state index contributed by atoms with van der Waals surface area (Å²) < 4.78 is 4.89. The molecule has 2 amide bonds. The average Bonchev–Trinajstić information content (AvgIpc) is 2.76. The molecule has 0 saturated carbocycles. The number of carbonyl (C=O) groups is 2. The number of cyclic esters (lactones) is 1. The van der Waals surface area contributed by atoms with Crippen molar-refractivity contribution in [3.05, 3.63) is 0 Å². The Morgan fingerprint density at radius 1 is 1.47 bits per heavy atom. The van der Waals surface area contributed by atoms with Crippen molar-refractivity contribution in [3.63, 3.8) is 0 Å². The van der Waals surface area contributed by atoms with E-state index in [-0.39, 0.29) is 30.9 Å². The van der Waals surface area contributed by atoms with Gasteiger partial charge in [-0.05, 0) is 29.8 Å². The molecule has 5 nitrogen and oxygen atoms in total. The van der Waals surface area contributed by atoms with Crippen LogP contribution in [0.25, 0.3) is 0 Å². The van der Waals surface area contributed by atoms with Gasteiger partial charge in [0.1, 0.15) is 12.7 Å². The molecule has 1 heterocycles. The molecule has 0 spiro atoms. The number of carbonyl (C=O) groups excluding carboxylic acids is 2. The van der Waals surface area contributed by atoms with Gasteiger partial charge in [-0.2, -0.15) is 25.3 Å². The van der Waals surface area contributed by atoms with Crippen LogP contribution in [0, 0.1) is 11.8 Å². The molecule has 0 aromatic heterocycles. The Bertz CT molecular complexity index is 334. The largest absolute Gasteiger partial charge is 0.447 e. The minimum absolute atomic E-state index is 0.0294. The van der Waals surface area contributed by atoms with Crippen molar-refractivity contribution < 1.29 is 19.4 Å². The maximum Gasteiger partial charge on any atom is 0.417 e. The van der Waals surface area contributed by atoms with E-state index in [9.17, 15) is 14.7 Å². The number of hydrogen-bond donors (Lipinski definition) is 3. The summed E-state index contributed by atoms with van der Waals surface area (Å²) in [7, 11) is 0. The first-order valence-corrected chi connectivity index (χ1v) is 7.58. The van der Waals surface area contributed by atoms with Gasteiger partial charge in [-0.3, -0.25) is 4.79 Å². The highest BCUT2D eigenvalue weighted by molar-refractivity contribution is 7.81. The molecule has 0 radical (unpaired) electrons. The maximum atomic E-state index is 12.2. The van der Waals surface area contributed by atoms with Gasteiger partial charge in [-0.15, -0.1) is 0 Å². The quantitative estimate of drug-likeness (QED) is 0.646. The standard InChI is InChI=1S/C12H21NO4S2/c1-7(2)9-4-17-12(16)13(9)11(15)10(14)3-8(5-18)6-19/h7-10,14,18-19H,3-6H2,1-2H3. The van der Waals surface area contributed by atoms with E-state index in [4.69, 9.17) is 4.74 Å². The Morgan fingerprint density at radius 2 is 2.05 bits per heavy atom. The van der Waals surface area contributed by atoms with Crippen molar-refractivity contribution in [2.45, 2.75) is 32.4 Å². The Morgan fingerprint density at radius 3 is 2.53 bits per heavy atom. The Hall–Kier alpha value is -0.400. The lowest BCUT2D eigenvalue weighted by Crippen LogP contribution is -2.47. The molecular weight excluding hydrogens is 286 g/mol. The molecule has 1 aliphatic heterocycles. The first-order valence-electron chi connectivity index (χ1n) is 6.32. The lowest BCUT2D eigenvalue weighted by Gasteiger charge is -2.25. The van der Waals surface area contributed by atoms with Crippen molar-refractivity contribution in [1.82, 2.24) is 4.90 Å². The molecular formula is C12H21NO4S2. The first kappa shape index (κ1) is 16.7. The van der Waals surface area contributed by atoms with Crippen LogP contribution in [0.5, 0.6) is 0 Å². The molecule has 2 atom stereocenters. The molecule has 1 fully saturated rings. The third-order valence-corrected chi connectivity index (χ3v) is 4.30. The van der Waals surface area contributed by atoms with Crippen LogP contribution in [-0.2, 0) is 9.53 Å². The predicted octanol–water partition coefficient (Wildman–Crippen LogP) is 1.22. The van der Waals surface area contributed by atoms with Crippen LogP contribution >= 0.6 is 25.3 Å². The van der Waals surface area contributed by atoms with Crippen molar-refractivity contribution in [2.24, 2.45) is 11.8 Å². The molecule has 0 aromatic rings. The third-order valence-electron chi connectivity index (χ3n) is 3.27. The van der Waals surface area contributed by atoms with Crippen LogP contribution in [-0.4, -0.2) is 52.3 Å². The second-order valence-electron chi connectivity index (χ2n) is 5.08. The number of ether oxygens (including phenoxy) is 1. The zero-order valence-corrected chi connectivity index (χ0v) is 12.9. The Balaban J connectivity index is 2.71. The summed E-state index contributed by atoms with van der Waals surface area (Å²) in [5.74, 6) is 0.599. The van der Waals surface area contributed by atoms with E-state index < -0.39 is 18.1 Å². The van der Waals surface area contributed by atoms with Gasteiger partial charge in [-0.25, -0.2) is 9.69 Å². The van der Waals surface area contributed by atoms with Crippen LogP contribution in [0.1, 0.15) is 20.3 Å². The molecule has 0 aromatic carbocycles. The third kappa shape index (κ3) is 4.03. The first-order chi connectivity index (χ1) is 8.92. The van der Waals surface area contributed by atoms with Crippen molar-refractivity contribution in [1.29, 1.82) is 0 Å². The summed E-state index contributed by atoms with van der Waals surface area (Å²) >= 11 is 8.28. The summed E-state index contributed by atoms with van der Waals surface area (Å²) in [4.78, 5) is 24.8. The molecule has 1 N–H and O–H groups in total. The zero-order valence-electron chi connectivity index (χ0n) is 11.2. The normalized spacial score (nSPS) is 21.1. The van der Waals surface area contributed by atoms with Crippen LogP contribution in [0.15, 0.2) is 0 Å². The molecule has 0 aliphatic carbocycles. The molecule has 1 saturated heterocycles. The number of aliphatic hydroxyl groups is 1. The second kappa shape index (κ2) is 7.40.